The molecule has 0 saturated carbocycles. The van der Waals surface area contributed by atoms with Crippen molar-refractivity contribution in [2.75, 3.05) is 5.32 Å². The van der Waals surface area contributed by atoms with E-state index in [4.69, 9.17) is 0 Å². The molecule has 1 unspecified atom stereocenters. The molecule has 0 spiro atoms. The van der Waals surface area contributed by atoms with E-state index in [1.54, 1.807) is 37.4 Å². The highest BCUT2D eigenvalue weighted by Crippen LogP contribution is 2.27. The van der Waals surface area contributed by atoms with Crippen LogP contribution in [-0.2, 0) is 7.05 Å². The number of aryl methyl sites for hydroxylation is 1. The zero-order valence-electron chi connectivity index (χ0n) is 21.1. The summed E-state index contributed by atoms with van der Waals surface area (Å²) in [6.07, 6.45) is -2.71. The first-order chi connectivity index (χ1) is 16.3. The van der Waals surface area contributed by atoms with E-state index in [1.807, 2.05) is 32.0 Å². The maximum atomic E-state index is 12.6. The Hall–Kier alpha value is -3.29. The Morgan fingerprint density at radius 3 is 2.00 bits per heavy atom. The lowest BCUT2D eigenvalue weighted by atomic mass is 10.0. The molecule has 0 saturated heterocycles. The number of nitrogens with one attached hydrogen (secondary N) is 1. The second-order valence-electron chi connectivity index (χ2n) is 9.06. The molecule has 190 valence electrons. The van der Waals surface area contributed by atoms with Crippen molar-refractivity contribution in [3.63, 3.8) is 0 Å². The molecule has 0 bridgehead atoms. The second-order valence-corrected chi connectivity index (χ2v) is 9.06. The van der Waals surface area contributed by atoms with E-state index < -0.39 is 12.2 Å². The minimum absolute atomic E-state index is 0.0232. The molecule has 0 fully saturated rings. The third-order valence-electron chi connectivity index (χ3n) is 5.67. The molecule has 3 rings (SSSR count). The molecule has 35 heavy (non-hydrogen) atoms. The Kier molecular flexibility index (Phi) is 9.51. The van der Waals surface area contributed by atoms with Gasteiger partial charge in [-0.05, 0) is 53.6 Å². The highest BCUT2D eigenvalue weighted by molar-refractivity contribution is 5.47. The Bertz CT molecular complexity index is 1210. The standard InChI is InChI=1S/C14H16N2O2.C13H18F3N/c1-10(2)11-4-6-12(7-5-11)16-13(17)8-9-15(3)14(16)18;1-4-12(13(14,15)16)17-11-7-5-6-10(8-11)9(2)3/h4-10H,1-3H3;5-9,12,17H,4H2,1-3H3. The number of hydrogen-bond acceptors (Lipinski definition) is 3. The van der Waals surface area contributed by atoms with Gasteiger partial charge >= 0.3 is 11.9 Å². The molecule has 8 heteroatoms. The van der Waals surface area contributed by atoms with Gasteiger partial charge in [-0.25, -0.2) is 9.36 Å². The molecular formula is C27H34F3N3O2. The van der Waals surface area contributed by atoms with Gasteiger partial charge in [0.1, 0.15) is 6.04 Å². The molecule has 1 N–H and O–H groups in total. The van der Waals surface area contributed by atoms with Crippen LogP contribution in [0.2, 0.25) is 0 Å². The lowest BCUT2D eigenvalue weighted by Gasteiger charge is -2.21. The van der Waals surface area contributed by atoms with Gasteiger partial charge in [-0.15, -0.1) is 0 Å². The predicted molar refractivity (Wildman–Crippen MR) is 136 cm³/mol. The summed E-state index contributed by atoms with van der Waals surface area (Å²) in [4.78, 5) is 23.7. The molecule has 0 amide bonds. The summed E-state index contributed by atoms with van der Waals surface area (Å²) >= 11 is 0. The third-order valence-corrected chi connectivity index (χ3v) is 5.67. The van der Waals surface area contributed by atoms with E-state index in [2.05, 4.69) is 19.2 Å². The summed E-state index contributed by atoms with van der Waals surface area (Å²) in [5, 5.41) is 2.54. The number of aromatic nitrogens is 2. The number of anilines is 1. The van der Waals surface area contributed by atoms with Gasteiger partial charge < -0.3 is 9.88 Å². The van der Waals surface area contributed by atoms with Crippen LogP contribution in [0.3, 0.4) is 0 Å². The van der Waals surface area contributed by atoms with Crippen LogP contribution in [0.5, 0.6) is 0 Å². The summed E-state index contributed by atoms with van der Waals surface area (Å²) in [5.74, 6) is 0.733. The van der Waals surface area contributed by atoms with Gasteiger partial charge in [0.2, 0.25) is 0 Å². The van der Waals surface area contributed by atoms with Crippen LogP contribution in [0, 0.1) is 0 Å². The maximum Gasteiger partial charge on any atom is 0.408 e. The second kappa shape index (κ2) is 11.9. The fraction of sp³-hybridized carbons (Fsp3) is 0.407. The lowest BCUT2D eigenvalue weighted by Crippen LogP contribution is -2.36. The van der Waals surface area contributed by atoms with Gasteiger partial charge in [0, 0.05) is 25.0 Å². The molecule has 1 aromatic heterocycles. The van der Waals surface area contributed by atoms with E-state index in [0.717, 1.165) is 5.56 Å². The van der Waals surface area contributed by atoms with Crippen LogP contribution in [-0.4, -0.2) is 21.4 Å². The highest BCUT2D eigenvalue weighted by atomic mass is 19.4. The van der Waals surface area contributed by atoms with Crippen molar-refractivity contribution in [3.05, 3.63) is 92.8 Å². The smallest absolute Gasteiger partial charge is 0.374 e. The molecule has 2 aromatic carbocycles. The van der Waals surface area contributed by atoms with Crippen LogP contribution < -0.4 is 16.6 Å². The summed E-state index contributed by atoms with van der Waals surface area (Å²) in [5.41, 5.74) is 2.70. The summed E-state index contributed by atoms with van der Waals surface area (Å²) in [6.45, 7) is 9.75. The predicted octanol–water partition coefficient (Wildman–Crippen LogP) is 6.22. The van der Waals surface area contributed by atoms with Gasteiger partial charge in [0.15, 0.2) is 0 Å². The molecular weight excluding hydrogens is 455 g/mol. The van der Waals surface area contributed by atoms with E-state index >= 15 is 0 Å². The Labute approximate surface area is 204 Å². The summed E-state index contributed by atoms with van der Waals surface area (Å²) in [6, 6.07) is 14.5. The van der Waals surface area contributed by atoms with E-state index in [1.165, 1.54) is 33.9 Å². The van der Waals surface area contributed by atoms with Crippen LogP contribution in [0.15, 0.2) is 70.4 Å². The third kappa shape index (κ3) is 7.60. The minimum Gasteiger partial charge on any atom is -0.374 e. The van der Waals surface area contributed by atoms with Crippen molar-refractivity contribution in [2.24, 2.45) is 7.05 Å². The maximum absolute atomic E-state index is 12.6. The Morgan fingerprint density at radius 1 is 0.886 bits per heavy atom. The molecule has 5 nitrogen and oxygen atoms in total. The molecule has 0 aliphatic rings. The average molecular weight is 490 g/mol. The molecule has 0 aliphatic heterocycles. The van der Waals surface area contributed by atoms with Crippen molar-refractivity contribution in [1.29, 1.82) is 0 Å². The quantitative estimate of drug-likeness (QED) is 0.447. The normalized spacial score (nSPS) is 12.3. The first-order valence-corrected chi connectivity index (χ1v) is 11.7. The minimum atomic E-state index is -4.21. The van der Waals surface area contributed by atoms with Gasteiger partial charge in [-0.3, -0.25) is 4.79 Å². The monoisotopic (exact) mass is 489 g/mol. The Morgan fingerprint density at radius 2 is 1.49 bits per heavy atom. The molecule has 0 aliphatic carbocycles. The number of nitrogens with zero attached hydrogens (tertiary/aromatic N) is 2. The van der Waals surface area contributed by atoms with E-state index in [9.17, 15) is 22.8 Å². The van der Waals surface area contributed by atoms with Crippen LogP contribution in [0.25, 0.3) is 5.69 Å². The van der Waals surface area contributed by atoms with Gasteiger partial charge in [-0.2, -0.15) is 13.2 Å². The fourth-order valence-electron chi connectivity index (χ4n) is 3.42. The average Bonchev–Trinajstić information content (AvgIpc) is 2.80. The first-order valence-electron chi connectivity index (χ1n) is 11.7. The number of hydrogen-bond donors (Lipinski definition) is 1. The SMILES string of the molecule is CC(C)c1ccc(-n2c(=O)ccn(C)c2=O)cc1.CCC(Nc1cccc(C(C)C)c1)C(F)(F)F. The number of halogens is 3. The van der Waals surface area contributed by atoms with E-state index in [0.29, 0.717) is 23.2 Å². The zero-order chi connectivity index (χ0) is 26.3. The van der Waals surface area contributed by atoms with Crippen molar-refractivity contribution >= 4 is 5.69 Å². The van der Waals surface area contributed by atoms with Crippen molar-refractivity contribution in [3.8, 4) is 5.69 Å². The van der Waals surface area contributed by atoms with Gasteiger partial charge in [-0.1, -0.05) is 58.9 Å². The number of rotatable bonds is 6. The van der Waals surface area contributed by atoms with Gasteiger partial charge in [0.25, 0.3) is 5.56 Å². The Balaban J connectivity index is 0.000000247. The first kappa shape index (κ1) is 28.0. The summed E-state index contributed by atoms with van der Waals surface area (Å²) in [7, 11) is 1.63. The van der Waals surface area contributed by atoms with Crippen LogP contribution >= 0.6 is 0 Å². The highest BCUT2D eigenvalue weighted by Gasteiger charge is 2.38. The number of alkyl halides is 3. The lowest BCUT2D eigenvalue weighted by molar-refractivity contribution is -0.142. The molecule has 0 radical (unpaired) electrons. The number of benzene rings is 2. The zero-order valence-corrected chi connectivity index (χ0v) is 21.1. The van der Waals surface area contributed by atoms with Crippen molar-refractivity contribution < 1.29 is 13.2 Å². The van der Waals surface area contributed by atoms with Crippen molar-refractivity contribution in [1.82, 2.24) is 9.13 Å². The molecule has 3 aromatic rings. The van der Waals surface area contributed by atoms with Gasteiger partial charge in [0.05, 0.1) is 5.69 Å². The van der Waals surface area contributed by atoms with Crippen LogP contribution in [0.1, 0.15) is 64.0 Å². The largest absolute Gasteiger partial charge is 0.408 e. The van der Waals surface area contributed by atoms with Crippen LogP contribution in [0.4, 0.5) is 18.9 Å². The molecule has 1 atom stereocenters. The van der Waals surface area contributed by atoms with E-state index in [-0.39, 0.29) is 17.7 Å². The summed E-state index contributed by atoms with van der Waals surface area (Å²) < 4.78 is 40.4. The molecule has 1 heterocycles. The van der Waals surface area contributed by atoms with Crippen molar-refractivity contribution in [2.45, 2.75) is 65.1 Å². The topological polar surface area (TPSA) is 56.0 Å². The fourth-order valence-corrected chi connectivity index (χ4v) is 3.42.